The predicted octanol–water partition coefficient (Wildman–Crippen LogP) is 3.79. The van der Waals surface area contributed by atoms with Gasteiger partial charge in [-0.25, -0.2) is 9.59 Å². The molecule has 9 heteroatoms. The number of rotatable bonds is 5. The first-order chi connectivity index (χ1) is 15.7. The maximum absolute atomic E-state index is 12.7. The molecule has 1 aromatic heterocycles. The summed E-state index contributed by atoms with van der Waals surface area (Å²) in [5, 5.41) is 9.83. The molecule has 32 heavy (non-hydrogen) atoms. The number of anilines is 1. The number of nitrogens with zero attached hydrogens (tertiary/aromatic N) is 2. The molecule has 2 aromatic rings. The lowest BCUT2D eigenvalue weighted by atomic mass is 10.0. The first kappa shape index (κ1) is 20.8. The largest absolute Gasteiger partial charge is 0.446 e. The zero-order valence-electron chi connectivity index (χ0n) is 17.9. The fourth-order valence-electron chi connectivity index (χ4n) is 4.93. The van der Waals surface area contributed by atoms with Gasteiger partial charge in [0.25, 0.3) is 0 Å². The molecule has 3 aliphatic rings. The third-order valence-corrected chi connectivity index (χ3v) is 6.58. The Kier molecular flexibility index (Phi) is 5.98. The van der Waals surface area contributed by atoms with Crippen LogP contribution in [0, 0.1) is 0 Å². The molecule has 0 spiro atoms. The average Bonchev–Trinajstić information content (AvgIpc) is 3.51. The summed E-state index contributed by atoms with van der Waals surface area (Å²) in [7, 11) is 0. The van der Waals surface area contributed by atoms with Crippen molar-refractivity contribution in [2.24, 2.45) is 0 Å². The minimum Gasteiger partial charge on any atom is -0.446 e. The van der Waals surface area contributed by atoms with Crippen molar-refractivity contribution < 1.29 is 23.8 Å². The molecule has 2 amide bonds. The normalized spacial score (nSPS) is 26.7. The van der Waals surface area contributed by atoms with Crippen molar-refractivity contribution in [3.8, 4) is 0 Å². The number of carbonyl (C=O) groups is 2. The Morgan fingerprint density at radius 2 is 1.91 bits per heavy atom. The molecule has 170 valence electrons. The molecule has 9 nitrogen and oxygen atoms in total. The molecule has 2 saturated heterocycles. The van der Waals surface area contributed by atoms with Crippen LogP contribution < -0.4 is 5.32 Å². The van der Waals surface area contributed by atoms with Gasteiger partial charge in [-0.2, -0.15) is 5.10 Å². The van der Waals surface area contributed by atoms with Gasteiger partial charge in [-0.05, 0) is 37.7 Å². The van der Waals surface area contributed by atoms with Crippen molar-refractivity contribution in [3.05, 3.63) is 47.7 Å². The van der Waals surface area contributed by atoms with Crippen LogP contribution >= 0.6 is 0 Å². The highest BCUT2D eigenvalue weighted by Gasteiger charge is 2.42. The average molecular weight is 441 g/mol. The number of nitrogens with one attached hydrogen (secondary N) is 2. The molecule has 1 aromatic carbocycles. The highest BCUT2D eigenvalue weighted by molar-refractivity contribution is 5.83. The summed E-state index contributed by atoms with van der Waals surface area (Å²) in [6.07, 6.45) is 3.57. The number of fused-ring (bicyclic) bond motifs is 2. The molecule has 2 N–H and O–H groups in total. The van der Waals surface area contributed by atoms with E-state index in [0.29, 0.717) is 19.0 Å². The van der Waals surface area contributed by atoms with Gasteiger partial charge in [0.2, 0.25) is 0 Å². The van der Waals surface area contributed by atoms with Crippen molar-refractivity contribution in [2.75, 3.05) is 18.5 Å². The van der Waals surface area contributed by atoms with Crippen molar-refractivity contribution in [2.45, 2.75) is 62.8 Å². The summed E-state index contributed by atoms with van der Waals surface area (Å²) in [5.41, 5.74) is 1.84. The Bertz CT molecular complexity index is 933. The van der Waals surface area contributed by atoms with Crippen LogP contribution in [-0.4, -0.2) is 58.7 Å². The van der Waals surface area contributed by atoms with Crippen molar-refractivity contribution in [1.82, 2.24) is 15.1 Å². The second-order valence-electron chi connectivity index (χ2n) is 8.74. The molecule has 1 aliphatic carbocycles. The third kappa shape index (κ3) is 4.57. The van der Waals surface area contributed by atoms with Crippen molar-refractivity contribution in [1.29, 1.82) is 0 Å². The molecular formula is C23H28N4O5. The maximum Gasteiger partial charge on any atom is 0.413 e. The molecule has 2 bridgehead atoms. The Morgan fingerprint density at radius 3 is 2.69 bits per heavy atom. The number of aromatic nitrogens is 2. The molecule has 5 rings (SSSR count). The minimum absolute atomic E-state index is 0.106. The SMILES string of the molecule is O=C(Nc1cc([C@H]2CC[C@@H](OC(=O)N3C4CCC3COC4)C2)[nH]n1)OCc1ccccc1. The fraction of sp³-hybridized carbons (Fsp3) is 0.522. The van der Waals surface area contributed by atoms with Gasteiger partial charge in [0, 0.05) is 17.7 Å². The molecular weight excluding hydrogens is 412 g/mol. The van der Waals surface area contributed by atoms with Gasteiger partial charge >= 0.3 is 12.2 Å². The Balaban J connectivity index is 1.09. The van der Waals surface area contributed by atoms with Gasteiger partial charge in [0.1, 0.15) is 12.7 Å². The van der Waals surface area contributed by atoms with E-state index in [1.165, 1.54) is 0 Å². The molecule has 2 aliphatic heterocycles. The molecule has 4 atom stereocenters. The minimum atomic E-state index is -0.551. The summed E-state index contributed by atoms with van der Waals surface area (Å²) in [5.74, 6) is 0.626. The summed E-state index contributed by atoms with van der Waals surface area (Å²) in [6.45, 7) is 1.41. The lowest BCUT2D eigenvalue weighted by molar-refractivity contribution is -0.0237. The second kappa shape index (κ2) is 9.20. The lowest BCUT2D eigenvalue weighted by Gasteiger charge is -2.34. The number of hydrogen-bond acceptors (Lipinski definition) is 6. The van der Waals surface area contributed by atoms with E-state index in [2.05, 4.69) is 15.5 Å². The number of hydrogen-bond donors (Lipinski definition) is 2. The van der Waals surface area contributed by atoms with E-state index in [4.69, 9.17) is 14.2 Å². The second-order valence-corrected chi connectivity index (χ2v) is 8.74. The Morgan fingerprint density at radius 1 is 1.12 bits per heavy atom. The molecule has 1 saturated carbocycles. The monoisotopic (exact) mass is 440 g/mol. The molecule has 0 radical (unpaired) electrons. The quantitative estimate of drug-likeness (QED) is 0.733. The first-order valence-corrected chi connectivity index (χ1v) is 11.3. The van der Waals surface area contributed by atoms with Crippen LogP contribution in [0.15, 0.2) is 36.4 Å². The van der Waals surface area contributed by atoms with Gasteiger partial charge in [-0.1, -0.05) is 30.3 Å². The van der Waals surface area contributed by atoms with Gasteiger partial charge in [0.15, 0.2) is 5.82 Å². The van der Waals surface area contributed by atoms with Crippen LogP contribution in [0.3, 0.4) is 0 Å². The number of carbonyl (C=O) groups excluding carboxylic acids is 2. The number of H-pyrrole nitrogens is 1. The summed E-state index contributed by atoms with van der Waals surface area (Å²) in [6, 6.07) is 11.6. The summed E-state index contributed by atoms with van der Waals surface area (Å²) < 4.78 is 16.6. The lowest BCUT2D eigenvalue weighted by Crippen LogP contribution is -2.49. The van der Waals surface area contributed by atoms with Gasteiger partial charge in [0.05, 0.1) is 25.3 Å². The third-order valence-electron chi connectivity index (χ3n) is 6.58. The Hall–Kier alpha value is -3.07. The van der Waals surface area contributed by atoms with E-state index >= 15 is 0 Å². The van der Waals surface area contributed by atoms with Crippen LogP contribution in [0.1, 0.15) is 49.3 Å². The van der Waals surface area contributed by atoms with Crippen molar-refractivity contribution >= 4 is 18.0 Å². The number of morpholine rings is 1. The highest BCUT2D eigenvalue weighted by Crippen LogP contribution is 2.37. The van der Waals surface area contributed by atoms with E-state index < -0.39 is 6.09 Å². The van der Waals surface area contributed by atoms with Crippen LogP contribution in [0.4, 0.5) is 15.4 Å². The predicted molar refractivity (Wildman–Crippen MR) is 115 cm³/mol. The Labute approximate surface area is 186 Å². The number of ether oxygens (including phenoxy) is 3. The zero-order valence-corrected chi connectivity index (χ0v) is 17.9. The topological polar surface area (TPSA) is 106 Å². The van der Waals surface area contributed by atoms with Crippen molar-refractivity contribution in [3.63, 3.8) is 0 Å². The first-order valence-electron chi connectivity index (χ1n) is 11.3. The van der Waals surface area contributed by atoms with E-state index in [-0.39, 0.29) is 36.8 Å². The van der Waals surface area contributed by atoms with Gasteiger partial charge in [-0.3, -0.25) is 15.3 Å². The molecule has 3 heterocycles. The van der Waals surface area contributed by atoms with E-state index in [1.54, 1.807) is 0 Å². The summed E-state index contributed by atoms with van der Waals surface area (Å²) >= 11 is 0. The smallest absolute Gasteiger partial charge is 0.413 e. The van der Waals surface area contributed by atoms with Crippen LogP contribution in [-0.2, 0) is 20.8 Å². The number of aromatic amines is 1. The zero-order chi connectivity index (χ0) is 21.9. The highest BCUT2D eigenvalue weighted by atomic mass is 16.6. The maximum atomic E-state index is 12.7. The van der Waals surface area contributed by atoms with Crippen LogP contribution in [0.25, 0.3) is 0 Å². The van der Waals surface area contributed by atoms with E-state index in [1.807, 2.05) is 41.3 Å². The van der Waals surface area contributed by atoms with Gasteiger partial charge < -0.3 is 14.2 Å². The van der Waals surface area contributed by atoms with Crippen LogP contribution in [0.2, 0.25) is 0 Å². The van der Waals surface area contributed by atoms with Crippen LogP contribution in [0.5, 0.6) is 0 Å². The van der Waals surface area contributed by atoms with E-state index in [0.717, 1.165) is 43.4 Å². The van der Waals surface area contributed by atoms with E-state index in [9.17, 15) is 9.59 Å². The fourth-order valence-corrected chi connectivity index (χ4v) is 4.93. The molecule has 3 fully saturated rings. The molecule has 2 unspecified atom stereocenters. The standard InChI is InChI=1S/C23H28N4O5/c28-22(31-12-15-4-2-1-3-5-15)24-21-11-20(25-26-21)16-6-9-19(10-16)32-23(29)27-17-7-8-18(27)14-30-13-17/h1-5,11,16-19H,6-10,12-14H2,(H2,24,25,26,28)/t16-,17?,18?,19+/m0/s1. The number of amides is 2. The summed E-state index contributed by atoms with van der Waals surface area (Å²) in [4.78, 5) is 26.6. The number of benzene rings is 1. The van der Waals surface area contributed by atoms with Gasteiger partial charge in [-0.15, -0.1) is 0 Å².